The summed E-state index contributed by atoms with van der Waals surface area (Å²) in [5.74, 6) is 1.89. The van der Waals surface area contributed by atoms with E-state index >= 15 is 0 Å². The molecule has 168 valence electrons. The van der Waals surface area contributed by atoms with Crippen LogP contribution in [-0.4, -0.2) is 15.7 Å². The molecular formula is C31H29N3. The minimum absolute atomic E-state index is 0.380. The van der Waals surface area contributed by atoms with Crippen molar-refractivity contribution in [3.63, 3.8) is 0 Å². The summed E-state index contributed by atoms with van der Waals surface area (Å²) >= 11 is 0. The van der Waals surface area contributed by atoms with E-state index in [4.69, 9.17) is 0 Å². The third-order valence-electron chi connectivity index (χ3n) is 7.09. The summed E-state index contributed by atoms with van der Waals surface area (Å²) in [4.78, 5) is 12.8. The molecule has 2 heterocycles. The number of aromatic amines is 1. The summed E-state index contributed by atoms with van der Waals surface area (Å²) in [5.41, 5.74) is 6.09. The van der Waals surface area contributed by atoms with E-state index in [-0.39, 0.29) is 0 Å². The van der Waals surface area contributed by atoms with Gasteiger partial charge < -0.3 is 4.98 Å². The number of aliphatic imine (C=N–C) groups is 1. The Hall–Kier alpha value is -3.72. The first-order valence-electron chi connectivity index (χ1n) is 12.2. The van der Waals surface area contributed by atoms with Gasteiger partial charge >= 0.3 is 0 Å². The van der Waals surface area contributed by atoms with Gasteiger partial charge in [0.05, 0.1) is 11.9 Å². The molecule has 1 N–H and O–H groups in total. The molecule has 6 rings (SSSR count). The van der Waals surface area contributed by atoms with Crippen molar-refractivity contribution in [2.45, 2.75) is 40.0 Å². The lowest BCUT2D eigenvalue weighted by molar-refractivity contribution is 0.795. The SMILES string of the molecule is CC(C)C1=NC=C(c2ccc3c4ccc(-c5cnc(C(C)C)[nH]5)cc4c4ccccc4c3c2)C1. The summed E-state index contributed by atoms with van der Waals surface area (Å²) < 4.78 is 0. The van der Waals surface area contributed by atoms with Crippen molar-refractivity contribution in [3.05, 3.63) is 84.4 Å². The van der Waals surface area contributed by atoms with Gasteiger partial charge in [0.2, 0.25) is 0 Å². The Balaban J connectivity index is 1.53. The van der Waals surface area contributed by atoms with Crippen LogP contribution in [0.25, 0.3) is 49.1 Å². The van der Waals surface area contributed by atoms with E-state index < -0.39 is 0 Å². The zero-order chi connectivity index (χ0) is 23.4. The average molecular weight is 444 g/mol. The van der Waals surface area contributed by atoms with Gasteiger partial charge in [-0.15, -0.1) is 0 Å². The van der Waals surface area contributed by atoms with Crippen LogP contribution in [-0.2, 0) is 0 Å². The molecule has 1 aliphatic heterocycles. The van der Waals surface area contributed by atoms with Crippen LogP contribution in [0.5, 0.6) is 0 Å². The Labute approximate surface area is 200 Å². The molecule has 0 spiro atoms. The molecule has 0 saturated heterocycles. The highest BCUT2D eigenvalue weighted by molar-refractivity contribution is 6.26. The second-order valence-corrected chi connectivity index (χ2v) is 10.0. The molecule has 1 aromatic heterocycles. The third kappa shape index (κ3) is 3.35. The molecule has 0 atom stereocenters. The monoisotopic (exact) mass is 443 g/mol. The molecule has 1 aliphatic rings. The summed E-state index contributed by atoms with van der Waals surface area (Å²) in [6.07, 6.45) is 4.96. The predicted octanol–water partition coefficient (Wildman–Crippen LogP) is 8.50. The largest absolute Gasteiger partial charge is 0.342 e. The van der Waals surface area contributed by atoms with Crippen LogP contribution in [0.15, 0.2) is 78.1 Å². The van der Waals surface area contributed by atoms with Crippen LogP contribution in [0.2, 0.25) is 0 Å². The Morgan fingerprint density at radius 2 is 1.32 bits per heavy atom. The molecule has 4 aromatic carbocycles. The highest BCUT2D eigenvalue weighted by Crippen LogP contribution is 2.39. The molecule has 0 unspecified atom stereocenters. The fourth-order valence-corrected chi connectivity index (χ4v) is 5.08. The first kappa shape index (κ1) is 20.9. The van der Waals surface area contributed by atoms with Gasteiger partial charge in [-0.05, 0) is 61.5 Å². The fraction of sp³-hybridized carbons (Fsp3) is 0.226. The molecule has 0 radical (unpaired) electrons. The lowest BCUT2D eigenvalue weighted by Gasteiger charge is -2.13. The van der Waals surface area contributed by atoms with E-state index in [2.05, 4.69) is 110 Å². The first-order valence-corrected chi connectivity index (χ1v) is 12.2. The second kappa shape index (κ2) is 7.95. The summed E-state index contributed by atoms with van der Waals surface area (Å²) in [7, 11) is 0. The number of hydrogen-bond acceptors (Lipinski definition) is 2. The van der Waals surface area contributed by atoms with Gasteiger partial charge in [0.15, 0.2) is 0 Å². The quantitative estimate of drug-likeness (QED) is 0.278. The van der Waals surface area contributed by atoms with E-state index in [0.717, 1.165) is 17.9 Å². The summed E-state index contributed by atoms with van der Waals surface area (Å²) in [5, 5.41) is 7.73. The van der Waals surface area contributed by atoms with Crippen LogP contribution in [0.1, 0.15) is 51.4 Å². The number of allylic oxidation sites excluding steroid dienone is 1. The number of nitrogens with one attached hydrogen (secondary N) is 1. The minimum atomic E-state index is 0.380. The van der Waals surface area contributed by atoms with Crippen LogP contribution in [0.3, 0.4) is 0 Å². The predicted molar refractivity (Wildman–Crippen MR) is 145 cm³/mol. The first-order chi connectivity index (χ1) is 16.5. The molecular weight excluding hydrogens is 414 g/mol. The van der Waals surface area contributed by atoms with Crippen LogP contribution < -0.4 is 0 Å². The maximum absolute atomic E-state index is 4.68. The molecule has 5 aromatic rings. The van der Waals surface area contributed by atoms with Crippen molar-refractivity contribution in [2.75, 3.05) is 0 Å². The lowest BCUT2D eigenvalue weighted by atomic mass is 9.90. The van der Waals surface area contributed by atoms with E-state index in [9.17, 15) is 0 Å². The molecule has 34 heavy (non-hydrogen) atoms. The summed E-state index contributed by atoms with van der Waals surface area (Å²) in [6, 6.07) is 22.5. The second-order valence-electron chi connectivity index (χ2n) is 10.0. The van der Waals surface area contributed by atoms with Gasteiger partial charge in [0.1, 0.15) is 5.82 Å². The lowest BCUT2D eigenvalue weighted by Crippen LogP contribution is -2.04. The van der Waals surface area contributed by atoms with E-state index in [0.29, 0.717) is 11.8 Å². The normalized spacial score (nSPS) is 14.1. The van der Waals surface area contributed by atoms with Crippen molar-refractivity contribution in [1.29, 1.82) is 0 Å². The van der Waals surface area contributed by atoms with Crippen LogP contribution in [0, 0.1) is 5.92 Å². The smallest absolute Gasteiger partial charge is 0.109 e. The maximum atomic E-state index is 4.68. The Bertz CT molecular complexity index is 1610. The number of hydrogen-bond donors (Lipinski definition) is 1. The molecule has 3 heteroatoms. The molecule has 3 nitrogen and oxygen atoms in total. The van der Waals surface area contributed by atoms with Gasteiger partial charge in [-0.2, -0.15) is 0 Å². The number of aromatic nitrogens is 2. The molecule has 0 fully saturated rings. The highest BCUT2D eigenvalue weighted by atomic mass is 14.9. The van der Waals surface area contributed by atoms with E-state index in [1.54, 1.807) is 0 Å². The zero-order valence-corrected chi connectivity index (χ0v) is 20.2. The minimum Gasteiger partial charge on any atom is -0.342 e. The molecule has 0 bridgehead atoms. The third-order valence-corrected chi connectivity index (χ3v) is 7.09. The molecule has 0 amide bonds. The number of fused-ring (bicyclic) bond motifs is 6. The van der Waals surface area contributed by atoms with E-state index in [1.165, 1.54) is 54.7 Å². The van der Waals surface area contributed by atoms with Crippen molar-refractivity contribution in [1.82, 2.24) is 9.97 Å². The number of benzene rings is 4. The van der Waals surface area contributed by atoms with Crippen molar-refractivity contribution in [3.8, 4) is 11.3 Å². The maximum Gasteiger partial charge on any atom is 0.109 e. The topological polar surface area (TPSA) is 41.0 Å². The van der Waals surface area contributed by atoms with Crippen molar-refractivity contribution < 1.29 is 0 Å². The Morgan fingerprint density at radius 3 is 1.91 bits per heavy atom. The summed E-state index contributed by atoms with van der Waals surface area (Å²) in [6.45, 7) is 8.76. The van der Waals surface area contributed by atoms with Crippen LogP contribution >= 0.6 is 0 Å². The van der Waals surface area contributed by atoms with Gasteiger partial charge in [-0.3, -0.25) is 4.99 Å². The molecule has 0 saturated carbocycles. The highest BCUT2D eigenvalue weighted by Gasteiger charge is 2.17. The molecule has 0 aliphatic carbocycles. The Morgan fingerprint density at radius 1 is 0.706 bits per heavy atom. The van der Waals surface area contributed by atoms with Crippen molar-refractivity contribution in [2.24, 2.45) is 10.9 Å². The van der Waals surface area contributed by atoms with E-state index in [1.807, 2.05) is 6.20 Å². The van der Waals surface area contributed by atoms with Gasteiger partial charge in [0.25, 0.3) is 0 Å². The number of nitrogens with zero attached hydrogens (tertiary/aromatic N) is 2. The number of imidazole rings is 1. The van der Waals surface area contributed by atoms with Crippen molar-refractivity contribution >= 4 is 43.6 Å². The zero-order valence-electron chi connectivity index (χ0n) is 20.2. The van der Waals surface area contributed by atoms with Gasteiger partial charge in [-0.25, -0.2) is 4.98 Å². The number of rotatable bonds is 4. The number of H-pyrrole nitrogens is 1. The Kier molecular flexibility index (Phi) is 4.88. The van der Waals surface area contributed by atoms with Gasteiger partial charge in [0, 0.05) is 29.8 Å². The van der Waals surface area contributed by atoms with Gasteiger partial charge in [-0.1, -0.05) is 76.2 Å². The fourth-order valence-electron chi connectivity index (χ4n) is 5.08. The van der Waals surface area contributed by atoms with Crippen LogP contribution in [0.4, 0.5) is 0 Å². The average Bonchev–Trinajstić information content (AvgIpc) is 3.54. The standard InChI is InChI=1S/C31H29N3/c1-18(2)29-15-22(16-32-29)20-9-11-25-26-12-10-21(30-17-33-31(34-30)19(3)4)14-28(26)24-8-6-5-7-23(24)27(25)13-20/h5-14,16-19H,15H2,1-4H3,(H,33,34).